The second-order valence-corrected chi connectivity index (χ2v) is 6.57. The van der Waals surface area contributed by atoms with Crippen molar-refractivity contribution >= 4 is 29.1 Å². The molecule has 1 saturated carbocycles. The molecule has 1 heterocycles. The number of ether oxygens (including phenoxy) is 1. The van der Waals surface area contributed by atoms with Crippen molar-refractivity contribution in [2.24, 2.45) is 0 Å². The maximum Gasteiger partial charge on any atom is 0.265 e. The van der Waals surface area contributed by atoms with Crippen molar-refractivity contribution in [3.8, 4) is 5.75 Å². The Morgan fingerprint density at radius 2 is 2.00 bits per heavy atom. The first kappa shape index (κ1) is 16.1. The summed E-state index contributed by atoms with van der Waals surface area (Å²) in [6.07, 6.45) is 6.82. The highest BCUT2D eigenvalue weighted by Gasteiger charge is 2.28. The number of fused-ring (bicyclic) bond motifs is 1. The smallest absolute Gasteiger partial charge is 0.265 e. The van der Waals surface area contributed by atoms with Gasteiger partial charge in [0.15, 0.2) is 6.61 Å². The van der Waals surface area contributed by atoms with E-state index in [2.05, 4.69) is 5.32 Å². The van der Waals surface area contributed by atoms with Gasteiger partial charge in [-0.3, -0.25) is 14.5 Å². The Labute approximate surface area is 140 Å². The molecule has 0 bridgehead atoms. The quantitative estimate of drug-likeness (QED) is 0.863. The van der Waals surface area contributed by atoms with Crippen LogP contribution in [0.15, 0.2) is 18.2 Å². The summed E-state index contributed by atoms with van der Waals surface area (Å²) < 4.78 is 5.39. The van der Waals surface area contributed by atoms with Gasteiger partial charge in [0, 0.05) is 11.1 Å². The molecule has 0 unspecified atom stereocenters. The monoisotopic (exact) mass is 336 g/mol. The van der Waals surface area contributed by atoms with Crippen LogP contribution in [0.1, 0.15) is 38.5 Å². The van der Waals surface area contributed by atoms with Gasteiger partial charge in [0.1, 0.15) is 12.3 Å². The van der Waals surface area contributed by atoms with Crippen molar-refractivity contribution in [1.82, 2.24) is 5.32 Å². The lowest BCUT2D eigenvalue weighted by atomic mass is 10.1. The Balaban J connectivity index is 1.68. The van der Waals surface area contributed by atoms with Gasteiger partial charge in [-0.1, -0.05) is 37.3 Å². The zero-order valence-electron chi connectivity index (χ0n) is 13.0. The maximum atomic E-state index is 12.4. The third kappa shape index (κ3) is 3.96. The average Bonchev–Trinajstić information content (AvgIpc) is 2.79. The molecule has 6 heteroatoms. The Morgan fingerprint density at radius 3 is 2.74 bits per heavy atom. The van der Waals surface area contributed by atoms with Gasteiger partial charge in [-0.05, 0) is 31.0 Å². The summed E-state index contributed by atoms with van der Waals surface area (Å²) >= 11 is 6.01. The van der Waals surface area contributed by atoms with Crippen molar-refractivity contribution in [1.29, 1.82) is 0 Å². The van der Waals surface area contributed by atoms with Crippen LogP contribution in [0, 0.1) is 0 Å². The predicted octanol–water partition coefficient (Wildman–Crippen LogP) is 2.90. The largest absolute Gasteiger partial charge is 0.482 e. The van der Waals surface area contributed by atoms with Crippen molar-refractivity contribution in [2.45, 2.75) is 44.6 Å². The summed E-state index contributed by atoms with van der Waals surface area (Å²) in [5.74, 6) is 0.227. The van der Waals surface area contributed by atoms with Crippen molar-refractivity contribution in [2.75, 3.05) is 18.1 Å². The predicted molar refractivity (Wildman–Crippen MR) is 88.9 cm³/mol. The molecule has 1 fully saturated rings. The summed E-state index contributed by atoms with van der Waals surface area (Å²) in [7, 11) is 0. The minimum Gasteiger partial charge on any atom is -0.482 e. The van der Waals surface area contributed by atoms with E-state index in [1.165, 1.54) is 17.7 Å². The van der Waals surface area contributed by atoms with E-state index in [9.17, 15) is 9.59 Å². The van der Waals surface area contributed by atoms with Crippen molar-refractivity contribution in [3.05, 3.63) is 23.2 Å². The van der Waals surface area contributed by atoms with E-state index in [-0.39, 0.29) is 31.0 Å². The molecule has 23 heavy (non-hydrogen) atoms. The van der Waals surface area contributed by atoms with Crippen LogP contribution in [0.25, 0.3) is 0 Å². The summed E-state index contributed by atoms with van der Waals surface area (Å²) in [4.78, 5) is 25.9. The molecule has 0 atom stereocenters. The fraction of sp³-hybridized carbons (Fsp3) is 0.529. The topological polar surface area (TPSA) is 58.6 Å². The third-order valence-corrected chi connectivity index (χ3v) is 4.62. The Hall–Kier alpha value is -1.75. The molecule has 3 rings (SSSR count). The Morgan fingerprint density at radius 1 is 1.26 bits per heavy atom. The first-order valence-electron chi connectivity index (χ1n) is 8.15. The van der Waals surface area contributed by atoms with Gasteiger partial charge in [-0.25, -0.2) is 0 Å². The molecule has 2 amide bonds. The zero-order chi connectivity index (χ0) is 16.2. The van der Waals surface area contributed by atoms with Crippen molar-refractivity contribution in [3.63, 3.8) is 0 Å². The van der Waals surface area contributed by atoms with E-state index >= 15 is 0 Å². The number of carbonyl (C=O) groups excluding carboxylic acids is 2. The van der Waals surface area contributed by atoms with Gasteiger partial charge in [-0.15, -0.1) is 0 Å². The highest BCUT2D eigenvalue weighted by atomic mass is 35.5. The van der Waals surface area contributed by atoms with Gasteiger partial charge >= 0.3 is 0 Å². The summed E-state index contributed by atoms with van der Waals surface area (Å²) in [5.41, 5.74) is 0.560. The molecule has 1 aromatic carbocycles. The van der Waals surface area contributed by atoms with Gasteiger partial charge in [-0.2, -0.15) is 0 Å². The van der Waals surface area contributed by atoms with E-state index < -0.39 is 0 Å². The average molecular weight is 337 g/mol. The lowest BCUT2D eigenvalue weighted by molar-refractivity contribution is -0.125. The maximum absolute atomic E-state index is 12.4. The standard InChI is InChI=1S/C17H21ClN2O3/c18-12-7-8-15-14(9-12)20(17(22)11-23-15)10-16(21)19-13-5-3-1-2-4-6-13/h7-9,13H,1-6,10-11H2,(H,19,21). The molecule has 1 aromatic rings. The van der Waals surface area contributed by atoms with Gasteiger partial charge in [0.05, 0.1) is 5.69 Å². The number of benzene rings is 1. The normalized spacial score (nSPS) is 18.8. The van der Waals surface area contributed by atoms with Crippen LogP contribution in [-0.4, -0.2) is 31.0 Å². The second kappa shape index (κ2) is 7.21. The van der Waals surface area contributed by atoms with E-state index in [1.807, 2.05) is 0 Å². The minimum atomic E-state index is -0.226. The van der Waals surface area contributed by atoms with Gasteiger partial charge in [0.25, 0.3) is 5.91 Å². The van der Waals surface area contributed by atoms with Gasteiger partial charge in [0.2, 0.25) is 5.91 Å². The van der Waals surface area contributed by atoms with E-state index in [0.29, 0.717) is 16.5 Å². The molecular weight excluding hydrogens is 316 g/mol. The van der Waals surface area contributed by atoms with Crippen LogP contribution >= 0.6 is 11.6 Å². The number of halogens is 1. The number of hydrogen-bond donors (Lipinski definition) is 1. The summed E-state index contributed by atoms with van der Waals surface area (Å²) in [6, 6.07) is 5.31. The van der Waals surface area contributed by atoms with E-state index in [4.69, 9.17) is 16.3 Å². The molecule has 2 aliphatic rings. The summed E-state index contributed by atoms with van der Waals surface area (Å²) in [5, 5.41) is 3.58. The van der Waals surface area contributed by atoms with E-state index in [1.54, 1.807) is 18.2 Å². The third-order valence-electron chi connectivity index (χ3n) is 4.39. The number of anilines is 1. The number of nitrogens with zero attached hydrogens (tertiary/aromatic N) is 1. The van der Waals surface area contributed by atoms with Crippen LogP contribution in [0.4, 0.5) is 5.69 Å². The number of nitrogens with one attached hydrogen (secondary N) is 1. The van der Waals surface area contributed by atoms with Crippen LogP contribution in [0.3, 0.4) is 0 Å². The fourth-order valence-electron chi connectivity index (χ4n) is 3.19. The van der Waals surface area contributed by atoms with E-state index in [0.717, 1.165) is 25.7 Å². The number of rotatable bonds is 3. The SMILES string of the molecule is O=C(CN1C(=O)COc2ccc(Cl)cc21)NC1CCCCCC1. The first-order chi connectivity index (χ1) is 11.1. The summed E-state index contributed by atoms with van der Waals surface area (Å²) in [6.45, 7) is -0.0443. The molecule has 1 aliphatic heterocycles. The van der Waals surface area contributed by atoms with Crippen LogP contribution in [0.5, 0.6) is 5.75 Å². The molecule has 1 aliphatic carbocycles. The lowest BCUT2D eigenvalue weighted by Gasteiger charge is -2.29. The Kier molecular flexibility index (Phi) is 5.06. The minimum absolute atomic E-state index is 0.00599. The zero-order valence-corrected chi connectivity index (χ0v) is 13.8. The Bertz CT molecular complexity index is 598. The number of amides is 2. The fourth-order valence-corrected chi connectivity index (χ4v) is 3.36. The molecule has 0 aromatic heterocycles. The number of carbonyl (C=O) groups is 2. The van der Waals surface area contributed by atoms with Crippen LogP contribution < -0.4 is 15.0 Å². The molecule has 5 nitrogen and oxygen atoms in total. The van der Waals surface area contributed by atoms with Crippen LogP contribution in [0.2, 0.25) is 5.02 Å². The van der Waals surface area contributed by atoms with Crippen molar-refractivity contribution < 1.29 is 14.3 Å². The molecule has 0 spiro atoms. The molecular formula is C17H21ClN2O3. The second-order valence-electron chi connectivity index (χ2n) is 6.14. The molecule has 124 valence electrons. The molecule has 1 N–H and O–H groups in total. The molecule has 0 radical (unpaired) electrons. The van der Waals surface area contributed by atoms with Crippen LogP contribution in [-0.2, 0) is 9.59 Å². The highest BCUT2D eigenvalue weighted by molar-refractivity contribution is 6.31. The lowest BCUT2D eigenvalue weighted by Crippen LogP contribution is -2.47. The van der Waals surface area contributed by atoms with Gasteiger partial charge < -0.3 is 10.1 Å². The molecule has 0 saturated heterocycles. The first-order valence-corrected chi connectivity index (χ1v) is 8.53. The highest BCUT2D eigenvalue weighted by Crippen LogP contribution is 2.34. The number of hydrogen-bond acceptors (Lipinski definition) is 3.